The van der Waals surface area contributed by atoms with Crippen LogP contribution in [0.25, 0.3) is 10.9 Å². The van der Waals surface area contributed by atoms with E-state index in [0.29, 0.717) is 30.7 Å². The van der Waals surface area contributed by atoms with Crippen molar-refractivity contribution in [2.24, 2.45) is 5.73 Å². The Bertz CT molecular complexity index is 1280. The standard InChI is InChI=1S/C27H29FN6/c1-17-12-33(26-7-5-18(11-29)27-23(26)3-2-8-31-27)14-22-10-20-9-21(6-4-19(20)13-34(17)22)32-15-24(28)25(30)16-32/h2-9,17,22,24-25H,10,12-16,30H2,1H3/t17-,22+,24-,25+/m1/s1. The largest absolute Gasteiger partial charge is 0.368 e. The molecular formula is C27H29FN6. The molecule has 6 nitrogen and oxygen atoms in total. The molecule has 6 rings (SSSR count). The highest BCUT2D eigenvalue weighted by atomic mass is 19.1. The molecule has 0 aliphatic carbocycles. The topological polar surface area (TPSA) is 72.4 Å². The minimum absolute atomic E-state index is 0.375. The molecule has 0 bridgehead atoms. The zero-order valence-corrected chi connectivity index (χ0v) is 19.4. The first kappa shape index (κ1) is 21.3. The van der Waals surface area contributed by atoms with Crippen molar-refractivity contribution in [3.8, 4) is 6.07 Å². The molecule has 2 N–H and O–H groups in total. The predicted molar refractivity (Wildman–Crippen MR) is 133 cm³/mol. The van der Waals surface area contributed by atoms with Crippen LogP contribution in [0, 0.1) is 11.3 Å². The number of fused-ring (bicyclic) bond motifs is 3. The molecule has 1 aromatic heterocycles. The average Bonchev–Trinajstić information content (AvgIpc) is 3.20. The van der Waals surface area contributed by atoms with Crippen LogP contribution in [-0.4, -0.2) is 60.4 Å². The Morgan fingerprint density at radius 2 is 1.94 bits per heavy atom. The molecule has 3 aliphatic rings. The van der Waals surface area contributed by atoms with E-state index in [1.54, 1.807) is 6.20 Å². The third kappa shape index (κ3) is 3.49. The highest BCUT2D eigenvalue weighted by Crippen LogP contribution is 2.36. The van der Waals surface area contributed by atoms with Gasteiger partial charge in [0.2, 0.25) is 0 Å². The third-order valence-corrected chi connectivity index (χ3v) is 7.81. The fourth-order valence-electron chi connectivity index (χ4n) is 6.01. The van der Waals surface area contributed by atoms with Crippen molar-refractivity contribution in [2.45, 2.75) is 44.2 Å². The van der Waals surface area contributed by atoms with Crippen LogP contribution in [0.15, 0.2) is 48.7 Å². The first-order chi connectivity index (χ1) is 16.5. The summed E-state index contributed by atoms with van der Waals surface area (Å²) in [6.45, 7) is 6.04. The Hall–Kier alpha value is -3.21. The molecule has 4 atom stereocenters. The van der Waals surface area contributed by atoms with E-state index in [9.17, 15) is 9.65 Å². The quantitative estimate of drug-likeness (QED) is 0.638. The van der Waals surface area contributed by atoms with Crippen molar-refractivity contribution >= 4 is 22.3 Å². The number of hydrogen-bond donors (Lipinski definition) is 1. The summed E-state index contributed by atoms with van der Waals surface area (Å²) in [6.07, 6.45) is 1.76. The summed E-state index contributed by atoms with van der Waals surface area (Å²) in [7, 11) is 0. The van der Waals surface area contributed by atoms with Gasteiger partial charge in [0.25, 0.3) is 0 Å². The van der Waals surface area contributed by atoms with E-state index in [0.717, 1.165) is 48.3 Å². The summed E-state index contributed by atoms with van der Waals surface area (Å²) in [5.41, 5.74) is 12.3. The third-order valence-electron chi connectivity index (χ3n) is 7.81. The van der Waals surface area contributed by atoms with Gasteiger partial charge in [0.15, 0.2) is 0 Å². The number of aromatic nitrogens is 1. The van der Waals surface area contributed by atoms with Crippen molar-refractivity contribution in [3.05, 3.63) is 65.4 Å². The second-order valence-corrected chi connectivity index (χ2v) is 9.97. The summed E-state index contributed by atoms with van der Waals surface area (Å²) in [5, 5.41) is 10.5. The SMILES string of the molecule is C[C@@H]1CN(c2ccc(C#N)c3ncccc23)C[C@@H]2Cc3cc(N4C[C@@H](F)[C@@H](N)C4)ccc3CN21. The summed E-state index contributed by atoms with van der Waals surface area (Å²) in [5.74, 6) is 0. The lowest BCUT2D eigenvalue weighted by atomic mass is 9.89. The minimum atomic E-state index is -0.962. The van der Waals surface area contributed by atoms with E-state index in [1.807, 2.05) is 12.1 Å². The van der Waals surface area contributed by atoms with Crippen molar-refractivity contribution in [1.82, 2.24) is 9.88 Å². The lowest BCUT2D eigenvalue weighted by molar-refractivity contribution is 0.101. The zero-order valence-electron chi connectivity index (χ0n) is 19.4. The van der Waals surface area contributed by atoms with Gasteiger partial charge < -0.3 is 15.5 Å². The number of rotatable bonds is 2. The molecule has 174 valence electrons. The number of pyridine rings is 1. The average molecular weight is 457 g/mol. The van der Waals surface area contributed by atoms with Gasteiger partial charge in [-0.25, -0.2) is 4.39 Å². The summed E-state index contributed by atoms with van der Waals surface area (Å²) in [6, 6.07) is 17.2. The number of hydrogen-bond acceptors (Lipinski definition) is 6. The summed E-state index contributed by atoms with van der Waals surface area (Å²) in [4.78, 5) is 11.6. The van der Waals surface area contributed by atoms with Gasteiger partial charge in [-0.05, 0) is 60.9 Å². The summed E-state index contributed by atoms with van der Waals surface area (Å²) >= 11 is 0. The van der Waals surface area contributed by atoms with Gasteiger partial charge in [0.05, 0.1) is 23.7 Å². The Labute approximate surface area is 199 Å². The maximum atomic E-state index is 14.0. The van der Waals surface area contributed by atoms with Crippen molar-refractivity contribution in [3.63, 3.8) is 0 Å². The van der Waals surface area contributed by atoms with Gasteiger partial charge in [-0.2, -0.15) is 5.26 Å². The van der Waals surface area contributed by atoms with Crippen LogP contribution in [0.4, 0.5) is 15.8 Å². The maximum absolute atomic E-state index is 14.0. The smallest absolute Gasteiger partial charge is 0.134 e. The maximum Gasteiger partial charge on any atom is 0.134 e. The van der Waals surface area contributed by atoms with E-state index >= 15 is 0 Å². The van der Waals surface area contributed by atoms with Crippen LogP contribution in [-0.2, 0) is 13.0 Å². The van der Waals surface area contributed by atoms with Gasteiger partial charge in [0, 0.05) is 61.2 Å². The van der Waals surface area contributed by atoms with Crippen LogP contribution in [0.3, 0.4) is 0 Å². The Morgan fingerprint density at radius 3 is 2.74 bits per heavy atom. The molecule has 3 aliphatic heterocycles. The van der Waals surface area contributed by atoms with Gasteiger partial charge in [-0.3, -0.25) is 9.88 Å². The number of halogens is 1. The van der Waals surface area contributed by atoms with E-state index in [-0.39, 0.29) is 0 Å². The molecule has 0 spiro atoms. The van der Waals surface area contributed by atoms with Crippen LogP contribution < -0.4 is 15.5 Å². The molecule has 2 fully saturated rings. The molecule has 7 heteroatoms. The number of nitrogens with two attached hydrogens (primary N) is 1. The van der Waals surface area contributed by atoms with Gasteiger partial charge in [-0.1, -0.05) is 6.07 Å². The first-order valence-corrected chi connectivity index (χ1v) is 12.1. The Balaban J connectivity index is 1.29. The van der Waals surface area contributed by atoms with Gasteiger partial charge in [-0.15, -0.1) is 0 Å². The minimum Gasteiger partial charge on any atom is -0.368 e. The number of benzene rings is 2. The van der Waals surface area contributed by atoms with E-state index < -0.39 is 12.2 Å². The molecule has 0 saturated carbocycles. The lowest BCUT2D eigenvalue weighted by Gasteiger charge is -2.49. The van der Waals surface area contributed by atoms with Crippen LogP contribution in [0.1, 0.15) is 23.6 Å². The number of anilines is 2. The second-order valence-electron chi connectivity index (χ2n) is 9.97. The van der Waals surface area contributed by atoms with Crippen LogP contribution in [0.5, 0.6) is 0 Å². The molecule has 34 heavy (non-hydrogen) atoms. The molecule has 3 aromatic rings. The van der Waals surface area contributed by atoms with Crippen molar-refractivity contribution in [2.75, 3.05) is 36.0 Å². The molecule has 0 amide bonds. The Morgan fingerprint density at radius 1 is 1.06 bits per heavy atom. The Kier molecular flexibility index (Phi) is 5.16. The highest BCUT2D eigenvalue weighted by molar-refractivity contribution is 5.95. The fourth-order valence-corrected chi connectivity index (χ4v) is 6.01. The predicted octanol–water partition coefficient (Wildman–Crippen LogP) is 3.23. The van der Waals surface area contributed by atoms with Crippen LogP contribution in [0.2, 0.25) is 0 Å². The molecule has 2 saturated heterocycles. The van der Waals surface area contributed by atoms with Crippen molar-refractivity contribution in [1.29, 1.82) is 5.26 Å². The van der Waals surface area contributed by atoms with Gasteiger partial charge >= 0.3 is 0 Å². The normalized spacial score (nSPS) is 26.9. The number of piperazine rings is 1. The number of nitriles is 1. The molecule has 2 aromatic carbocycles. The number of alkyl halides is 1. The lowest BCUT2D eigenvalue weighted by Crippen LogP contribution is -2.59. The molecule has 4 heterocycles. The monoisotopic (exact) mass is 456 g/mol. The second kappa shape index (κ2) is 8.23. The van der Waals surface area contributed by atoms with Crippen LogP contribution >= 0.6 is 0 Å². The van der Waals surface area contributed by atoms with Gasteiger partial charge in [0.1, 0.15) is 12.2 Å². The summed E-state index contributed by atoms with van der Waals surface area (Å²) < 4.78 is 14.0. The van der Waals surface area contributed by atoms with E-state index in [2.05, 4.69) is 63.0 Å². The molecule has 0 radical (unpaired) electrons. The molecule has 0 unspecified atom stereocenters. The van der Waals surface area contributed by atoms with E-state index in [1.165, 1.54) is 11.1 Å². The van der Waals surface area contributed by atoms with Crippen molar-refractivity contribution < 1.29 is 4.39 Å². The zero-order chi connectivity index (χ0) is 23.4. The van der Waals surface area contributed by atoms with E-state index in [4.69, 9.17) is 5.73 Å². The molecular weight excluding hydrogens is 427 g/mol. The number of nitrogens with zero attached hydrogens (tertiary/aromatic N) is 5. The highest BCUT2D eigenvalue weighted by Gasteiger charge is 2.37. The fraction of sp³-hybridized carbons (Fsp3) is 0.407. The first-order valence-electron chi connectivity index (χ1n) is 12.1.